The quantitative estimate of drug-likeness (QED) is 0.167. The van der Waals surface area contributed by atoms with E-state index in [9.17, 15) is 0 Å². The third-order valence-electron chi connectivity index (χ3n) is 7.99. The summed E-state index contributed by atoms with van der Waals surface area (Å²) in [6.07, 6.45) is 7.37. The van der Waals surface area contributed by atoms with Crippen LogP contribution in [0.4, 0.5) is 0 Å². The molecule has 8 aromatic rings. The molecule has 4 aromatic carbocycles. The fourth-order valence-corrected chi connectivity index (χ4v) is 5.52. The van der Waals surface area contributed by atoms with Crippen LogP contribution in [0.5, 0.6) is 0 Å². The topological polar surface area (TPSA) is 51.6 Å². The molecule has 252 valence electrons. The Hall–Kier alpha value is -5.30. The van der Waals surface area contributed by atoms with Gasteiger partial charge in [0.1, 0.15) is 0 Å². The molecule has 0 bridgehead atoms. The largest absolute Gasteiger partial charge is 0.255 e. The van der Waals surface area contributed by atoms with Crippen LogP contribution in [0.25, 0.3) is 67.3 Å². The Morgan fingerprint density at radius 1 is 0.235 bits per heavy atom. The second kappa shape index (κ2) is 19.2. The molecule has 0 spiro atoms. The summed E-state index contributed by atoms with van der Waals surface area (Å²) in [5, 5.41) is 0. The van der Waals surface area contributed by atoms with E-state index in [1.54, 1.807) is 0 Å². The van der Waals surface area contributed by atoms with Gasteiger partial charge in [0.05, 0.1) is 22.8 Å². The van der Waals surface area contributed by atoms with Crippen molar-refractivity contribution in [2.45, 2.75) is 0 Å². The standard InChI is InChI=1S/2C22H16N2.2ClH.Os/c2*1-3-7-17(8-4-1)19-11-13-23-21(15-19)22-16-20(12-14-24-22)18-9-5-2-6-10-18;;;/h2*1-16H;2*1H;. The summed E-state index contributed by atoms with van der Waals surface area (Å²) in [5.41, 5.74) is 12.8. The van der Waals surface area contributed by atoms with Crippen LogP contribution in [0, 0.1) is 0 Å². The number of hydrogen-bond acceptors (Lipinski definition) is 4. The first kappa shape index (κ1) is 38.5. The second-order valence-corrected chi connectivity index (χ2v) is 11.2. The Balaban J connectivity index is 0.000000216. The van der Waals surface area contributed by atoms with E-state index in [2.05, 4.69) is 92.7 Å². The first-order chi connectivity index (χ1) is 23.8. The molecule has 4 heterocycles. The number of benzene rings is 4. The SMILES string of the molecule is Cl.Cl.[Os].c1ccc(-c2ccnc(-c3cc(-c4ccccc4)ccn3)c2)cc1.c1ccc(-c2ccnc(-c3cc(-c4ccccc4)ccn3)c2)cc1. The van der Waals surface area contributed by atoms with E-state index in [4.69, 9.17) is 0 Å². The smallest absolute Gasteiger partial charge is 0.0892 e. The van der Waals surface area contributed by atoms with Crippen LogP contribution in [-0.2, 0) is 19.8 Å². The molecular weight excluding hydrogens is 846 g/mol. The van der Waals surface area contributed by atoms with Crippen LogP contribution in [0.1, 0.15) is 0 Å². The molecule has 0 saturated carbocycles. The zero-order valence-corrected chi connectivity index (χ0v) is 31.6. The Bertz CT molecular complexity index is 1910. The van der Waals surface area contributed by atoms with E-state index in [1.165, 1.54) is 22.3 Å². The summed E-state index contributed by atoms with van der Waals surface area (Å²) in [7, 11) is 0. The van der Waals surface area contributed by atoms with Gasteiger partial charge in [0.25, 0.3) is 0 Å². The van der Waals surface area contributed by atoms with Crippen molar-refractivity contribution in [2.24, 2.45) is 0 Å². The third-order valence-corrected chi connectivity index (χ3v) is 7.99. The molecule has 0 aliphatic heterocycles. The summed E-state index contributed by atoms with van der Waals surface area (Å²) in [6, 6.07) is 57.8. The number of nitrogens with zero attached hydrogens (tertiary/aromatic N) is 4. The Morgan fingerprint density at radius 3 is 0.627 bits per heavy atom. The van der Waals surface area contributed by atoms with Crippen LogP contribution in [0.15, 0.2) is 195 Å². The van der Waals surface area contributed by atoms with Crippen molar-refractivity contribution >= 4 is 24.8 Å². The van der Waals surface area contributed by atoms with Gasteiger partial charge in [-0.2, -0.15) is 0 Å². The molecule has 0 unspecified atom stereocenters. The fourth-order valence-electron chi connectivity index (χ4n) is 5.52. The Morgan fingerprint density at radius 2 is 0.431 bits per heavy atom. The number of pyridine rings is 4. The predicted octanol–water partition coefficient (Wildman–Crippen LogP) is 11.8. The van der Waals surface area contributed by atoms with Gasteiger partial charge in [0.15, 0.2) is 0 Å². The molecule has 0 radical (unpaired) electrons. The van der Waals surface area contributed by atoms with Crippen molar-refractivity contribution in [1.29, 1.82) is 0 Å². The number of aromatic nitrogens is 4. The number of halogens is 2. The van der Waals surface area contributed by atoms with Crippen LogP contribution >= 0.6 is 24.8 Å². The molecule has 0 fully saturated rings. The Labute approximate surface area is 324 Å². The van der Waals surface area contributed by atoms with Crippen molar-refractivity contribution in [3.8, 4) is 67.3 Å². The zero-order valence-electron chi connectivity index (χ0n) is 27.4. The molecule has 0 N–H and O–H groups in total. The van der Waals surface area contributed by atoms with E-state index in [1.807, 2.05) is 122 Å². The molecule has 51 heavy (non-hydrogen) atoms. The molecule has 0 amide bonds. The first-order valence-electron chi connectivity index (χ1n) is 15.9. The molecule has 0 saturated heterocycles. The Kier molecular flexibility index (Phi) is 14.5. The van der Waals surface area contributed by atoms with Crippen molar-refractivity contribution in [3.63, 3.8) is 0 Å². The predicted molar refractivity (Wildman–Crippen MR) is 211 cm³/mol. The maximum absolute atomic E-state index is 4.51. The van der Waals surface area contributed by atoms with Crippen LogP contribution < -0.4 is 0 Å². The van der Waals surface area contributed by atoms with Crippen LogP contribution in [0.3, 0.4) is 0 Å². The molecule has 8 rings (SSSR count). The number of rotatable bonds is 6. The summed E-state index contributed by atoms with van der Waals surface area (Å²) < 4.78 is 0. The van der Waals surface area contributed by atoms with Gasteiger partial charge < -0.3 is 0 Å². The zero-order chi connectivity index (χ0) is 32.4. The minimum absolute atomic E-state index is 0. The molecule has 0 aliphatic carbocycles. The van der Waals surface area contributed by atoms with Gasteiger partial charge in [0, 0.05) is 44.6 Å². The van der Waals surface area contributed by atoms with Crippen LogP contribution in [-0.4, -0.2) is 19.9 Å². The molecular formula is C44H34Cl2N4Os. The van der Waals surface area contributed by atoms with Crippen molar-refractivity contribution < 1.29 is 19.8 Å². The van der Waals surface area contributed by atoms with Crippen molar-refractivity contribution in [2.75, 3.05) is 0 Å². The van der Waals surface area contributed by atoms with Gasteiger partial charge in [-0.15, -0.1) is 24.8 Å². The second-order valence-electron chi connectivity index (χ2n) is 11.2. The number of hydrogen-bond donors (Lipinski definition) is 0. The van der Waals surface area contributed by atoms with Gasteiger partial charge in [-0.1, -0.05) is 121 Å². The van der Waals surface area contributed by atoms with Crippen molar-refractivity contribution in [3.05, 3.63) is 195 Å². The molecule has 4 nitrogen and oxygen atoms in total. The molecule has 4 aromatic heterocycles. The summed E-state index contributed by atoms with van der Waals surface area (Å²) in [4.78, 5) is 18.0. The monoisotopic (exact) mass is 880 g/mol. The fraction of sp³-hybridized carbons (Fsp3) is 0. The van der Waals surface area contributed by atoms with Crippen molar-refractivity contribution in [1.82, 2.24) is 19.9 Å². The van der Waals surface area contributed by atoms with E-state index >= 15 is 0 Å². The van der Waals surface area contributed by atoms with E-state index in [-0.39, 0.29) is 44.6 Å². The maximum Gasteiger partial charge on any atom is 0.0892 e. The third kappa shape index (κ3) is 9.91. The summed E-state index contributed by atoms with van der Waals surface area (Å²) in [5.74, 6) is 0. The van der Waals surface area contributed by atoms with Gasteiger partial charge in [-0.25, -0.2) is 0 Å². The first-order valence-corrected chi connectivity index (χ1v) is 15.9. The molecule has 0 aliphatic rings. The van der Waals surface area contributed by atoms with E-state index in [0.29, 0.717) is 0 Å². The maximum atomic E-state index is 4.51. The van der Waals surface area contributed by atoms with Gasteiger partial charge in [-0.3, -0.25) is 19.9 Å². The van der Waals surface area contributed by atoms with Gasteiger partial charge >= 0.3 is 0 Å². The minimum atomic E-state index is 0. The minimum Gasteiger partial charge on any atom is -0.255 e. The average molecular weight is 880 g/mol. The van der Waals surface area contributed by atoms with E-state index in [0.717, 1.165) is 45.0 Å². The summed E-state index contributed by atoms with van der Waals surface area (Å²) >= 11 is 0. The molecule has 0 atom stereocenters. The van der Waals surface area contributed by atoms with Gasteiger partial charge in [0.2, 0.25) is 0 Å². The van der Waals surface area contributed by atoms with E-state index < -0.39 is 0 Å². The normalized spacial score (nSPS) is 9.88. The van der Waals surface area contributed by atoms with Gasteiger partial charge in [-0.05, 0) is 93.0 Å². The summed E-state index contributed by atoms with van der Waals surface area (Å²) in [6.45, 7) is 0. The average Bonchev–Trinajstić information content (AvgIpc) is 3.20. The molecule has 7 heteroatoms. The van der Waals surface area contributed by atoms with Crippen LogP contribution in [0.2, 0.25) is 0 Å².